The third kappa shape index (κ3) is 4.34. The van der Waals surface area contributed by atoms with Gasteiger partial charge in [-0.2, -0.15) is 0 Å². The van der Waals surface area contributed by atoms with Crippen molar-refractivity contribution in [3.05, 3.63) is 80.5 Å². The van der Waals surface area contributed by atoms with E-state index in [-0.39, 0.29) is 18.9 Å². The van der Waals surface area contributed by atoms with Crippen LogP contribution in [0.3, 0.4) is 0 Å². The molecule has 0 unspecified atom stereocenters. The minimum atomic E-state index is -0.550. The van der Waals surface area contributed by atoms with Gasteiger partial charge in [0.05, 0.1) is 5.57 Å². The lowest BCUT2D eigenvalue weighted by molar-refractivity contribution is -0.141. The zero-order valence-corrected chi connectivity index (χ0v) is 16.5. The van der Waals surface area contributed by atoms with E-state index in [2.05, 4.69) is 5.32 Å². The second-order valence-corrected chi connectivity index (χ2v) is 7.36. The molecule has 1 aliphatic heterocycles. The topological polar surface area (TPSA) is 55.4 Å². The van der Waals surface area contributed by atoms with E-state index in [4.69, 9.17) is 27.9 Å². The minimum Gasteiger partial charge on any atom is -0.457 e. The molecule has 0 saturated carbocycles. The molecule has 140 valence electrons. The second-order valence-electron chi connectivity index (χ2n) is 6.54. The Morgan fingerprint density at radius 2 is 1.74 bits per heavy atom. The number of aryl methyl sites for hydroxylation is 1. The van der Waals surface area contributed by atoms with Gasteiger partial charge in [-0.25, -0.2) is 4.79 Å². The Morgan fingerprint density at radius 3 is 2.37 bits per heavy atom. The fourth-order valence-electron chi connectivity index (χ4n) is 3.17. The molecule has 2 aromatic rings. The Morgan fingerprint density at radius 1 is 1.11 bits per heavy atom. The summed E-state index contributed by atoms with van der Waals surface area (Å²) in [5.41, 5.74) is 3.42. The van der Waals surface area contributed by atoms with Gasteiger partial charge in [0.1, 0.15) is 6.61 Å². The molecule has 2 aromatic carbocycles. The maximum Gasteiger partial charge on any atom is 0.336 e. The maximum absolute atomic E-state index is 12.8. The minimum absolute atomic E-state index is 0.0791. The highest BCUT2D eigenvalue weighted by molar-refractivity contribution is 6.36. The van der Waals surface area contributed by atoms with Gasteiger partial charge in [-0.3, -0.25) is 4.79 Å². The molecule has 1 heterocycles. The molecule has 1 amide bonds. The standard InChI is InChI=1S/C21H19Cl2NO3/c1-12-6-8-14(9-7-12)11-27-21(26)19-13(2)24-18(25)10-15(19)20-16(22)4-3-5-17(20)23/h3-9,15H,10-11H2,1-2H3,(H,24,25)/t15-/m0/s1. The van der Waals surface area contributed by atoms with Gasteiger partial charge in [-0.05, 0) is 37.1 Å². The van der Waals surface area contributed by atoms with Crippen LogP contribution in [-0.4, -0.2) is 11.9 Å². The predicted octanol–water partition coefficient (Wildman–Crippen LogP) is 4.92. The number of carbonyl (C=O) groups is 2. The molecule has 4 nitrogen and oxygen atoms in total. The lowest BCUT2D eigenvalue weighted by atomic mass is 9.84. The molecule has 1 aliphatic rings. The van der Waals surface area contributed by atoms with E-state index in [1.165, 1.54) is 0 Å². The van der Waals surface area contributed by atoms with Gasteiger partial charge in [-0.1, -0.05) is 59.1 Å². The molecule has 0 bridgehead atoms. The zero-order valence-electron chi connectivity index (χ0n) is 15.0. The van der Waals surface area contributed by atoms with Crippen molar-refractivity contribution in [1.82, 2.24) is 5.32 Å². The first-order chi connectivity index (χ1) is 12.9. The van der Waals surface area contributed by atoms with Gasteiger partial charge in [0.15, 0.2) is 0 Å². The Balaban J connectivity index is 1.89. The van der Waals surface area contributed by atoms with Crippen molar-refractivity contribution in [2.24, 2.45) is 0 Å². The third-order valence-corrected chi connectivity index (χ3v) is 5.19. The van der Waals surface area contributed by atoms with Crippen molar-refractivity contribution in [1.29, 1.82) is 0 Å². The lowest BCUT2D eigenvalue weighted by Crippen LogP contribution is -2.34. The average molecular weight is 404 g/mol. The van der Waals surface area contributed by atoms with Gasteiger partial charge >= 0.3 is 5.97 Å². The summed E-state index contributed by atoms with van der Waals surface area (Å²) < 4.78 is 5.51. The predicted molar refractivity (Wildman–Crippen MR) is 106 cm³/mol. The van der Waals surface area contributed by atoms with Crippen LogP contribution < -0.4 is 5.32 Å². The van der Waals surface area contributed by atoms with Crippen molar-refractivity contribution < 1.29 is 14.3 Å². The Hall–Kier alpha value is -2.30. The fourth-order valence-corrected chi connectivity index (χ4v) is 3.83. The van der Waals surface area contributed by atoms with Gasteiger partial charge in [0, 0.05) is 28.1 Å². The summed E-state index contributed by atoms with van der Waals surface area (Å²) in [7, 11) is 0. The molecule has 0 aromatic heterocycles. The Labute approximate surface area is 168 Å². The van der Waals surface area contributed by atoms with Crippen molar-refractivity contribution in [3.8, 4) is 0 Å². The summed E-state index contributed by atoms with van der Waals surface area (Å²) in [6.07, 6.45) is 0.0791. The van der Waals surface area contributed by atoms with Crippen LogP contribution in [0.4, 0.5) is 0 Å². The van der Waals surface area contributed by atoms with E-state index < -0.39 is 11.9 Å². The highest BCUT2D eigenvalue weighted by Crippen LogP contribution is 2.40. The highest BCUT2D eigenvalue weighted by Gasteiger charge is 2.35. The molecule has 0 saturated heterocycles. The molecule has 0 radical (unpaired) electrons. The summed E-state index contributed by atoms with van der Waals surface area (Å²) in [4.78, 5) is 24.9. The molecule has 0 spiro atoms. The highest BCUT2D eigenvalue weighted by atomic mass is 35.5. The monoisotopic (exact) mass is 403 g/mol. The summed E-state index contributed by atoms with van der Waals surface area (Å²) >= 11 is 12.7. The van der Waals surface area contributed by atoms with E-state index in [1.807, 2.05) is 31.2 Å². The number of hydrogen-bond donors (Lipinski definition) is 1. The Bertz CT molecular complexity index is 899. The molecule has 1 atom stereocenters. The van der Waals surface area contributed by atoms with Crippen LogP contribution in [0.1, 0.15) is 36.0 Å². The number of amides is 1. The SMILES string of the molecule is CC1=C(C(=O)OCc2ccc(C)cc2)[C@@H](c2c(Cl)cccc2Cl)CC(=O)N1. The van der Waals surface area contributed by atoms with Crippen LogP contribution in [0.5, 0.6) is 0 Å². The lowest BCUT2D eigenvalue weighted by Gasteiger charge is -2.27. The first-order valence-electron chi connectivity index (χ1n) is 8.54. The van der Waals surface area contributed by atoms with Gasteiger partial charge < -0.3 is 10.1 Å². The molecule has 3 rings (SSSR count). The zero-order chi connectivity index (χ0) is 19.6. The van der Waals surface area contributed by atoms with Crippen molar-refractivity contribution in [2.45, 2.75) is 32.8 Å². The van der Waals surface area contributed by atoms with Crippen LogP contribution in [-0.2, 0) is 20.9 Å². The molecule has 6 heteroatoms. The number of benzene rings is 2. The van der Waals surface area contributed by atoms with Crippen LogP contribution in [0.2, 0.25) is 10.0 Å². The Kier molecular flexibility index (Phi) is 5.88. The fraction of sp³-hybridized carbons (Fsp3) is 0.238. The number of halogens is 2. The van der Waals surface area contributed by atoms with E-state index in [0.717, 1.165) is 11.1 Å². The first kappa shape index (κ1) is 19.5. The van der Waals surface area contributed by atoms with E-state index in [9.17, 15) is 9.59 Å². The third-order valence-electron chi connectivity index (χ3n) is 4.53. The summed E-state index contributed by atoms with van der Waals surface area (Å²) in [5.74, 6) is -1.23. The molecule has 0 fully saturated rings. The number of nitrogens with one attached hydrogen (secondary N) is 1. The van der Waals surface area contributed by atoms with Crippen molar-refractivity contribution in [2.75, 3.05) is 0 Å². The quantitative estimate of drug-likeness (QED) is 0.736. The largest absolute Gasteiger partial charge is 0.457 e. The number of allylic oxidation sites excluding steroid dienone is 1. The molecular formula is C21H19Cl2NO3. The number of ether oxygens (including phenoxy) is 1. The molecule has 0 aliphatic carbocycles. The first-order valence-corrected chi connectivity index (χ1v) is 9.29. The van der Waals surface area contributed by atoms with E-state index in [1.54, 1.807) is 25.1 Å². The van der Waals surface area contributed by atoms with E-state index in [0.29, 0.717) is 26.9 Å². The molecular weight excluding hydrogens is 385 g/mol. The molecule has 1 N–H and O–H groups in total. The van der Waals surface area contributed by atoms with Crippen LogP contribution >= 0.6 is 23.2 Å². The van der Waals surface area contributed by atoms with E-state index >= 15 is 0 Å². The average Bonchev–Trinajstić information content (AvgIpc) is 2.60. The summed E-state index contributed by atoms with van der Waals surface area (Å²) in [6, 6.07) is 12.9. The van der Waals surface area contributed by atoms with Crippen LogP contribution in [0.15, 0.2) is 53.7 Å². The smallest absolute Gasteiger partial charge is 0.336 e. The van der Waals surface area contributed by atoms with Crippen LogP contribution in [0, 0.1) is 6.92 Å². The number of carbonyl (C=O) groups excluding carboxylic acids is 2. The second kappa shape index (κ2) is 8.15. The number of esters is 1. The number of hydrogen-bond acceptors (Lipinski definition) is 3. The van der Waals surface area contributed by atoms with Gasteiger partial charge in [0.2, 0.25) is 5.91 Å². The maximum atomic E-state index is 12.8. The number of rotatable bonds is 4. The van der Waals surface area contributed by atoms with Crippen molar-refractivity contribution in [3.63, 3.8) is 0 Å². The normalized spacial score (nSPS) is 16.9. The van der Waals surface area contributed by atoms with Gasteiger partial charge in [-0.15, -0.1) is 0 Å². The molecule has 27 heavy (non-hydrogen) atoms. The van der Waals surface area contributed by atoms with Crippen LogP contribution in [0.25, 0.3) is 0 Å². The summed E-state index contributed by atoms with van der Waals surface area (Å²) in [6.45, 7) is 3.82. The van der Waals surface area contributed by atoms with Gasteiger partial charge in [0.25, 0.3) is 0 Å². The van der Waals surface area contributed by atoms with Crippen molar-refractivity contribution >= 4 is 35.1 Å². The summed E-state index contributed by atoms with van der Waals surface area (Å²) in [5, 5.41) is 3.54.